The summed E-state index contributed by atoms with van der Waals surface area (Å²) < 4.78 is 19.0. The first kappa shape index (κ1) is 20.2. The quantitative estimate of drug-likeness (QED) is 0.487. The van der Waals surface area contributed by atoms with Crippen LogP contribution < -0.4 is 16.4 Å². The molecule has 11 heteroatoms. The first-order valence-electron chi connectivity index (χ1n) is 9.35. The molecule has 1 aromatic rings. The normalized spacial score (nSPS) is 30.4. The molecule has 28 heavy (non-hydrogen) atoms. The van der Waals surface area contributed by atoms with E-state index >= 15 is 0 Å². The van der Waals surface area contributed by atoms with Crippen molar-refractivity contribution in [2.75, 3.05) is 23.8 Å². The van der Waals surface area contributed by atoms with Crippen LogP contribution in [-0.2, 0) is 9.53 Å². The van der Waals surface area contributed by atoms with Crippen molar-refractivity contribution < 1.29 is 18.8 Å². The van der Waals surface area contributed by atoms with Gasteiger partial charge in [0, 0.05) is 18.1 Å². The van der Waals surface area contributed by atoms with Crippen molar-refractivity contribution in [1.29, 1.82) is 0 Å². The third-order valence-electron chi connectivity index (χ3n) is 5.59. The highest BCUT2D eigenvalue weighted by atomic mass is 19.1. The molecule has 0 bridgehead atoms. The van der Waals surface area contributed by atoms with Crippen molar-refractivity contribution in [1.82, 2.24) is 9.97 Å². The van der Waals surface area contributed by atoms with Crippen molar-refractivity contribution in [2.45, 2.75) is 57.3 Å². The Morgan fingerprint density at radius 3 is 2.71 bits per heavy atom. The molecule has 10 nitrogen and oxygen atoms in total. The molecule has 0 unspecified atom stereocenters. The van der Waals surface area contributed by atoms with E-state index in [9.17, 15) is 19.3 Å². The number of nitrogens with two attached hydrogens (primary N) is 1. The van der Waals surface area contributed by atoms with Crippen molar-refractivity contribution in [3.8, 4) is 0 Å². The van der Waals surface area contributed by atoms with Crippen LogP contribution in [0.3, 0.4) is 0 Å². The molecule has 4 N–H and O–H groups in total. The Morgan fingerprint density at radius 2 is 2.11 bits per heavy atom. The average molecular weight is 396 g/mol. The van der Waals surface area contributed by atoms with Gasteiger partial charge in [0.2, 0.25) is 17.7 Å². The van der Waals surface area contributed by atoms with Crippen LogP contribution in [0.15, 0.2) is 6.20 Å². The Bertz CT molecular complexity index is 740. The molecule has 2 aliphatic rings. The molecule has 1 aromatic heterocycles. The smallest absolute Gasteiger partial charge is 0.329 e. The molecule has 2 fully saturated rings. The van der Waals surface area contributed by atoms with E-state index in [4.69, 9.17) is 10.5 Å². The predicted octanol–water partition coefficient (Wildman–Crippen LogP) is 1.77. The average Bonchev–Trinajstić information content (AvgIpc) is 2.65. The van der Waals surface area contributed by atoms with Gasteiger partial charge < -0.3 is 21.1 Å². The maximum Gasteiger partial charge on any atom is 0.329 e. The second kappa shape index (κ2) is 8.21. The van der Waals surface area contributed by atoms with E-state index in [1.54, 1.807) is 0 Å². The largest absolute Gasteiger partial charge is 0.378 e. The van der Waals surface area contributed by atoms with Crippen molar-refractivity contribution in [3.05, 3.63) is 16.3 Å². The van der Waals surface area contributed by atoms with Gasteiger partial charge in [-0.05, 0) is 32.1 Å². The molecule has 0 spiro atoms. The highest BCUT2D eigenvalue weighted by Crippen LogP contribution is 2.37. The van der Waals surface area contributed by atoms with Gasteiger partial charge in [-0.15, -0.1) is 0 Å². The third kappa shape index (κ3) is 4.46. The summed E-state index contributed by atoms with van der Waals surface area (Å²) in [4.78, 5) is 30.5. The van der Waals surface area contributed by atoms with Gasteiger partial charge in [0.15, 0.2) is 0 Å². The lowest BCUT2D eigenvalue weighted by atomic mass is 9.73. The Labute approximate surface area is 161 Å². The molecule has 1 saturated carbocycles. The van der Waals surface area contributed by atoms with Crippen LogP contribution >= 0.6 is 0 Å². The summed E-state index contributed by atoms with van der Waals surface area (Å²) in [7, 11) is 0. The van der Waals surface area contributed by atoms with Crippen molar-refractivity contribution in [3.63, 3.8) is 0 Å². The number of amides is 1. The maximum absolute atomic E-state index is 13.9. The molecule has 1 saturated heterocycles. The number of carbonyl (C=O) groups excluding carboxylic acids is 1. The molecule has 3 rings (SSSR count). The van der Waals surface area contributed by atoms with E-state index in [-0.39, 0.29) is 36.0 Å². The number of rotatable bonds is 6. The fourth-order valence-electron chi connectivity index (χ4n) is 3.56. The molecule has 1 amide bonds. The van der Waals surface area contributed by atoms with E-state index in [1.807, 2.05) is 6.92 Å². The van der Waals surface area contributed by atoms with Crippen LogP contribution in [-0.4, -0.2) is 52.3 Å². The Balaban J connectivity index is 1.72. The number of hydrogen-bond acceptors (Lipinski definition) is 8. The number of nitrogens with zero attached hydrogens (tertiary/aromatic N) is 3. The van der Waals surface area contributed by atoms with E-state index in [0.29, 0.717) is 38.7 Å². The fraction of sp³-hybridized carbons (Fsp3) is 0.706. The van der Waals surface area contributed by atoms with Crippen LogP contribution in [0.4, 0.5) is 21.8 Å². The number of carbonyl (C=O) groups is 1. The Morgan fingerprint density at radius 1 is 1.39 bits per heavy atom. The number of ether oxygens (including phenoxy) is 1. The van der Waals surface area contributed by atoms with Crippen LogP contribution in [0, 0.1) is 15.5 Å². The predicted molar refractivity (Wildman–Crippen MR) is 99.6 cm³/mol. The summed E-state index contributed by atoms with van der Waals surface area (Å²) in [6.45, 7) is 2.26. The third-order valence-corrected chi connectivity index (χ3v) is 5.59. The molecule has 0 aromatic carbocycles. The van der Waals surface area contributed by atoms with Gasteiger partial charge in [-0.3, -0.25) is 14.9 Å². The maximum atomic E-state index is 13.9. The van der Waals surface area contributed by atoms with Crippen LogP contribution in [0.2, 0.25) is 0 Å². The van der Waals surface area contributed by atoms with Crippen LogP contribution in [0.1, 0.15) is 39.0 Å². The number of halogens is 1. The van der Waals surface area contributed by atoms with E-state index in [2.05, 4.69) is 20.6 Å². The lowest BCUT2D eigenvalue weighted by Gasteiger charge is -2.35. The second-order valence-corrected chi connectivity index (χ2v) is 7.66. The van der Waals surface area contributed by atoms with Gasteiger partial charge in [0.25, 0.3) is 0 Å². The summed E-state index contributed by atoms with van der Waals surface area (Å²) in [6.07, 6.45) is 2.82. The first-order valence-corrected chi connectivity index (χ1v) is 9.35. The minimum Gasteiger partial charge on any atom is -0.378 e. The van der Waals surface area contributed by atoms with Crippen molar-refractivity contribution in [2.24, 2.45) is 11.1 Å². The summed E-state index contributed by atoms with van der Waals surface area (Å²) in [5.41, 5.74) is 4.66. The summed E-state index contributed by atoms with van der Waals surface area (Å²) in [5.74, 6) is -0.124. The number of alkyl halides is 1. The van der Waals surface area contributed by atoms with Gasteiger partial charge in [-0.25, -0.2) is 9.37 Å². The van der Waals surface area contributed by atoms with E-state index in [0.717, 1.165) is 6.20 Å². The lowest BCUT2D eigenvalue weighted by molar-refractivity contribution is -0.384. The molecule has 2 atom stereocenters. The molecule has 0 radical (unpaired) electrons. The van der Waals surface area contributed by atoms with Crippen LogP contribution in [0.25, 0.3) is 0 Å². The van der Waals surface area contributed by atoms with Gasteiger partial charge in [-0.2, -0.15) is 4.98 Å². The second-order valence-electron chi connectivity index (χ2n) is 7.66. The van der Waals surface area contributed by atoms with E-state index in [1.165, 1.54) is 0 Å². The molecule has 2 heterocycles. The van der Waals surface area contributed by atoms with Crippen molar-refractivity contribution >= 4 is 23.4 Å². The highest BCUT2D eigenvalue weighted by Gasteiger charge is 2.36. The van der Waals surface area contributed by atoms with Gasteiger partial charge >= 0.3 is 5.69 Å². The molecular formula is C17H25FN6O4. The zero-order valence-electron chi connectivity index (χ0n) is 15.7. The zero-order chi connectivity index (χ0) is 20.3. The number of aromatic nitrogens is 2. The van der Waals surface area contributed by atoms with Gasteiger partial charge in [0.1, 0.15) is 12.4 Å². The Kier molecular flexibility index (Phi) is 5.92. The summed E-state index contributed by atoms with van der Waals surface area (Å²) in [5, 5.41) is 17.3. The number of nitro groups is 1. The fourth-order valence-corrected chi connectivity index (χ4v) is 3.56. The monoisotopic (exact) mass is 396 g/mol. The van der Waals surface area contributed by atoms with Crippen LogP contribution in [0.5, 0.6) is 0 Å². The number of hydrogen-bond donors (Lipinski definition) is 3. The summed E-state index contributed by atoms with van der Waals surface area (Å²) in [6, 6.07) is -0.583. The zero-order valence-corrected chi connectivity index (χ0v) is 15.7. The number of nitrogens with one attached hydrogen (secondary N) is 2. The molecule has 1 aliphatic heterocycles. The molecule has 1 aliphatic carbocycles. The van der Waals surface area contributed by atoms with Gasteiger partial charge in [-0.1, -0.05) is 6.92 Å². The SMILES string of the molecule is C[C@]1(C(N)=O)CC[C@@H](Nc2nc(N[C@@H]3CCOC[C@H]3F)ncc2[N+](=O)[O-])CC1. The standard InChI is InChI=1S/C17H25FN6O4/c1-17(15(19)25)5-2-10(3-6-17)21-14-13(24(26)27)8-20-16(23-14)22-12-4-7-28-9-11(12)18/h8,10-12H,2-7,9H2,1H3,(H2,19,25)(H2,20,21,22,23)/t10-,11-,12-,17+/m1/s1. The highest BCUT2D eigenvalue weighted by molar-refractivity contribution is 5.80. The van der Waals surface area contributed by atoms with E-state index < -0.39 is 22.6 Å². The summed E-state index contributed by atoms with van der Waals surface area (Å²) >= 11 is 0. The molecular weight excluding hydrogens is 371 g/mol. The number of primary amides is 1. The minimum absolute atomic E-state index is 0.00351. The Hall–Kier alpha value is -2.56. The number of anilines is 2. The molecule has 154 valence electrons. The lowest BCUT2D eigenvalue weighted by Crippen LogP contribution is -2.41. The minimum atomic E-state index is -1.20. The van der Waals surface area contributed by atoms with Gasteiger partial charge in [0.05, 0.1) is 17.6 Å². The topological polar surface area (TPSA) is 145 Å². The first-order chi connectivity index (χ1) is 13.3.